The molecule has 1 heterocycles. The second-order valence-corrected chi connectivity index (χ2v) is 23.7. The van der Waals surface area contributed by atoms with Gasteiger partial charge in [0.15, 0.2) is 0 Å². The van der Waals surface area contributed by atoms with E-state index in [4.69, 9.17) is 123 Å². The molecule has 0 saturated carbocycles. The van der Waals surface area contributed by atoms with Gasteiger partial charge in [-0.2, -0.15) is 0 Å². The van der Waals surface area contributed by atoms with Crippen LogP contribution in [0.25, 0.3) is 11.1 Å². The van der Waals surface area contributed by atoms with Crippen LogP contribution < -0.4 is 10.6 Å². The van der Waals surface area contributed by atoms with Gasteiger partial charge in [-0.15, -0.1) is 5.06 Å². The van der Waals surface area contributed by atoms with Crippen LogP contribution in [0.5, 0.6) is 0 Å². The molecule has 0 aromatic heterocycles. The predicted molar refractivity (Wildman–Crippen MR) is 391 cm³/mol. The van der Waals surface area contributed by atoms with Crippen LogP contribution >= 0.6 is 0 Å². The zero-order chi connectivity index (χ0) is 77.3. The molecule has 34 nitrogen and oxygen atoms in total. The quantitative estimate of drug-likeness (QED) is 0.0709. The third-order valence-electron chi connectivity index (χ3n) is 15.4. The van der Waals surface area contributed by atoms with Gasteiger partial charge in [-0.25, -0.2) is 9.59 Å². The van der Waals surface area contributed by atoms with Crippen molar-refractivity contribution in [3.05, 3.63) is 59.7 Å². The normalized spacial score (nSPS) is 13.1. The summed E-state index contributed by atoms with van der Waals surface area (Å²) in [6.45, 7) is 22.0. The van der Waals surface area contributed by atoms with Gasteiger partial charge in [-0.3, -0.25) is 14.4 Å². The van der Waals surface area contributed by atoms with E-state index in [1.807, 2.05) is 48.5 Å². The van der Waals surface area contributed by atoms with Gasteiger partial charge in [0, 0.05) is 38.8 Å². The fraction of sp³-hybridized carbons (Fsp3) is 0.773. The molecule has 0 radical (unpaired) electrons. The Morgan fingerprint density at radius 1 is 0.358 bits per heavy atom. The molecule has 0 spiro atoms. The van der Waals surface area contributed by atoms with Gasteiger partial charge in [0.25, 0.3) is 11.8 Å². The standard InChI is InChI=1S/C75H125N3O31/c1-84-18-19-86-22-23-88-26-27-90-30-31-92-34-35-94-38-39-96-42-43-98-46-47-100-50-51-102-54-55-104-58-59-106-62-63-107-61-60-105-57-56-103-53-52-101-49-48-99-45-44-97-41-40-95-37-36-93-33-32-91-29-28-89-25-24-87-21-20-85-17-15-71(79)76-16-7-6-12-70(74(82)109-78-72(80)13-14-73(78)81)77-75(83)108-64-69-67-10-4-2-8-65(67)66-9-3-5-11-68(66)69/h2-5,8-11,69-70H,6-7,12-64H2,1H3,(H,76,79)(H,77,83). The summed E-state index contributed by atoms with van der Waals surface area (Å²) < 4.78 is 137. The van der Waals surface area contributed by atoms with E-state index < -0.39 is 29.9 Å². The molecule has 34 heteroatoms. The molecule has 1 atom stereocenters. The summed E-state index contributed by atoms with van der Waals surface area (Å²) in [5.74, 6) is -2.66. The van der Waals surface area contributed by atoms with Crippen LogP contribution in [-0.2, 0) is 142 Å². The lowest BCUT2D eigenvalue weighted by Gasteiger charge is -2.21. The van der Waals surface area contributed by atoms with Crippen LogP contribution in [0.2, 0.25) is 0 Å². The summed E-state index contributed by atoms with van der Waals surface area (Å²) in [5, 5.41) is 5.82. The number of nitrogens with zero attached hydrogens (tertiary/aromatic N) is 1. The van der Waals surface area contributed by atoms with Gasteiger partial charge in [-0.05, 0) is 41.5 Å². The van der Waals surface area contributed by atoms with Crippen molar-refractivity contribution in [2.45, 2.75) is 50.5 Å². The number of carbonyl (C=O) groups is 5. The van der Waals surface area contributed by atoms with Crippen molar-refractivity contribution >= 4 is 29.8 Å². The van der Waals surface area contributed by atoms with E-state index in [9.17, 15) is 24.0 Å². The number of fused-ring (bicyclic) bond motifs is 3. The van der Waals surface area contributed by atoms with Gasteiger partial charge in [-0.1, -0.05) is 48.5 Å². The second-order valence-electron chi connectivity index (χ2n) is 23.7. The SMILES string of the molecule is COCCOCCOCCOCCOCCOCCOCCOCCOCCOCCOCCOCCOCCOCCOCCOCCOCCOCCOCCOCCOCCOCCOCCOCCC(=O)NCCCCC(NC(=O)OCC1c2ccccc2-c2ccccc21)C(=O)ON1C(=O)CCC1=O. The van der Waals surface area contributed by atoms with Crippen molar-refractivity contribution in [1.29, 1.82) is 0 Å². The van der Waals surface area contributed by atoms with E-state index in [0.29, 0.717) is 328 Å². The molecule has 1 fully saturated rings. The van der Waals surface area contributed by atoms with Crippen LogP contribution in [0.3, 0.4) is 0 Å². The molecule has 1 aliphatic heterocycles. The number of hydrogen-bond acceptors (Lipinski definition) is 31. The highest BCUT2D eigenvalue weighted by molar-refractivity contribution is 6.02. The third kappa shape index (κ3) is 53.5. The Bertz CT molecular complexity index is 2440. The van der Waals surface area contributed by atoms with Crippen molar-refractivity contribution in [1.82, 2.24) is 15.7 Å². The number of nitrogens with one attached hydrogen (secondary N) is 2. The van der Waals surface area contributed by atoms with E-state index in [2.05, 4.69) is 10.6 Å². The maximum Gasteiger partial charge on any atom is 0.407 e. The molecule has 0 bridgehead atoms. The van der Waals surface area contributed by atoms with Crippen molar-refractivity contribution in [2.75, 3.05) is 331 Å². The number of alkyl carbamates (subject to hydrolysis) is 1. The molecule has 2 aliphatic rings. The molecule has 2 aromatic carbocycles. The lowest BCUT2D eigenvalue weighted by Crippen LogP contribution is -2.45. The smallest absolute Gasteiger partial charge is 0.407 e. The van der Waals surface area contributed by atoms with Crippen LogP contribution in [0.15, 0.2) is 48.5 Å². The van der Waals surface area contributed by atoms with Crippen molar-refractivity contribution in [3.63, 3.8) is 0 Å². The summed E-state index contributed by atoms with van der Waals surface area (Å²) in [4.78, 5) is 68.2. The third-order valence-corrected chi connectivity index (χ3v) is 15.4. The lowest BCUT2D eigenvalue weighted by molar-refractivity contribution is -0.199. The zero-order valence-corrected chi connectivity index (χ0v) is 64.3. The van der Waals surface area contributed by atoms with Crippen LogP contribution in [0, 0.1) is 0 Å². The van der Waals surface area contributed by atoms with E-state index in [1.54, 1.807) is 7.11 Å². The number of unbranched alkanes of at least 4 members (excludes halogenated alkanes) is 1. The fourth-order valence-corrected chi connectivity index (χ4v) is 9.88. The summed E-state index contributed by atoms with van der Waals surface area (Å²) in [7, 11) is 1.64. The number of benzene rings is 2. The molecule has 2 aromatic rings. The Kier molecular flexibility index (Phi) is 63.4. The number of hydrogen-bond donors (Lipinski definition) is 2. The minimum Gasteiger partial charge on any atom is -0.449 e. The predicted octanol–water partition coefficient (Wildman–Crippen LogP) is 3.21. The molecule has 4 rings (SSSR count). The maximum absolute atomic E-state index is 13.2. The molecular formula is C75H125N3O31. The maximum atomic E-state index is 13.2. The Morgan fingerprint density at radius 2 is 0.615 bits per heavy atom. The van der Waals surface area contributed by atoms with Crippen LogP contribution in [0.1, 0.15) is 55.6 Å². The first kappa shape index (κ1) is 96.2. The van der Waals surface area contributed by atoms with Gasteiger partial charge >= 0.3 is 12.1 Å². The van der Waals surface area contributed by atoms with E-state index in [1.165, 1.54) is 0 Å². The minimum absolute atomic E-state index is 0.0210. The summed E-state index contributed by atoms with van der Waals surface area (Å²) in [6.07, 6.45) is 0.0870. The molecule has 626 valence electrons. The number of amides is 4. The average Bonchev–Trinajstić information content (AvgIpc) is 1.62. The number of ether oxygens (including phenoxy) is 25. The number of imide groups is 1. The minimum atomic E-state index is -1.22. The highest BCUT2D eigenvalue weighted by atomic mass is 16.7. The molecular weight excluding hydrogens is 1440 g/mol. The monoisotopic (exact) mass is 1560 g/mol. The number of methoxy groups -OCH3 is 1. The van der Waals surface area contributed by atoms with Crippen molar-refractivity contribution in [2.24, 2.45) is 0 Å². The van der Waals surface area contributed by atoms with Gasteiger partial charge in [0.1, 0.15) is 12.6 Å². The first-order chi connectivity index (χ1) is 53.9. The fourth-order valence-electron chi connectivity index (χ4n) is 9.88. The Morgan fingerprint density at radius 3 is 0.890 bits per heavy atom. The molecule has 2 N–H and O–H groups in total. The topological polar surface area (TPSA) is 353 Å². The number of hydroxylamine groups is 2. The Hall–Kier alpha value is -5.17. The van der Waals surface area contributed by atoms with E-state index >= 15 is 0 Å². The largest absolute Gasteiger partial charge is 0.449 e. The van der Waals surface area contributed by atoms with Gasteiger partial charge < -0.3 is 134 Å². The Labute approximate surface area is 642 Å². The highest BCUT2D eigenvalue weighted by Gasteiger charge is 2.36. The van der Waals surface area contributed by atoms with Crippen molar-refractivity contribution in [3.8, 4) is 11.1 Å². The Balaban J connectivity index is 0.747. The first-order valence-corrected chi connectivity index (χ1v) is 38.1. The molecule has 1 unspecified atom stereocenters. The average molecular weight is 1560 g/mol. The first-order valence-electron chi connectivity index (χ1n) is 38.1. The second kappa shape index (κ2) is 71.8. The number of rotatable bonds is 82. The molecule has 1 saturated heterocycles. The number of carbonyl (C=O) groups excluding carboxylic acids is 5. The zero-order valence-electron chi connectivity index (χ0n) is 64.3. The van der Waals surface area contributed by atoms with Gasteiger partial charge in [0.05, 0.1) is 311 Å². The molecule has 1 aliphatic carbocycles. The summed E-state index contributed by atoms with van der Waals surface area (Å²) >= 11 is 0. The molecule has 4 amide bonds. The van der Waals surface area contributed by atoms with Gasteiger partial charge in [0.2, 0.25) is 5.91 Å². The van der Waals surface area contributed by atoms with Crippen molar-refractivity contribution < 1.29 is 147 Å². The van der Waals surface area contributed by atoms with E-state index in [-0.39, 0.29) is 50.7 Å². The highest BCUT2D eigenvalue weighted by Crippen LogP contribution is 2.44. The summed E-state index contributed by atoms with van der Waals surface area (Å²) in [6, 6.07) is 14.6. The summed E-state index contributed by atoms with van der Waals surface area (Å²) in [5.41, 5.74) is 4.18. The lowest BCUT2D eigenvalue weighted by atomic mass is 9.98. The molecule has 109 heavy (non-hydrogen) atoms. The van der Waals surface area contributed by atoms with Crippen LogP contribution in [-0.4, -0.2) is 372 Å². The van der Waals surface area contributed by atoms with E-state index in [0.717, 1.165) is 22.3 Å². The van der Waals surface area contributed by atoms with Crippen LogP contribution in [0.4, 0.5) is 4.79 Å².